The third-order valence-corrected chi connectivity index (χ3v) is 5.18. The molecular weight excluding hydrogens is 304 g/mol. The topological polar surface area (TPSA) is 70.7 Å². The Morgan fingerprint density at radius 2 is 2.33 bits per heavy atom. The molecule has 21 heavy (non-hydrogen) atoms. The number of rotatable bonds is 5. The normalized spacial score (nSPS) is 12.4. The van der Waals surface area contributed by atoms with Gasteiger partial charge in [-0.3, -0.25) is 9.89 Å². The highest BCUT2D eigenvalue weighted by Gasteiger charge is 2.12. The van der Waals surface area contributed by atoms with E-state index in [1.54, 1.807) is 23.7 Å². The Balaban J connectivity index is 1.56. The summed E-state index contributed by atoms with van der Waals surface area (Å²) in [5, 5.41) is 9.56. The van der Waals surface area contributed by atoms with E-state index in [9.17, 15) is 4.79 Å². The van der Waals surface area contributed by atoms with E-state index >= 15 is 0 Å². The van der Waals surface area contributed by atoms with Crippen LogP contribution in [0.4, 0.5) is 0 Å². The molecule has 0 fully saturated rings. The van der Waals surface area contributed by atoms with Crippen LogP contribution in [0.2, 0.25) is 0 Å². The van der Waals surface area contributed by atoms with E-state index in [0.29, 0.717) is 5.75 Å². The van der Waals surface area contributed by atoms with Gasteiger partial charge >= 0.3 is 0 Å². The minimum atomic E-state index is -0.0489. The lowest BCUT2D eigenvalue weighted by Gasteiger charge is -2.11. The fraction of sp³-hybridized carbons (Fsp3) is 0.214. The van der Waals surface area contributed by atoms with Crippen LogP contribution in [-0.4, -0.2) is 26.8 Å². The number of aromatic nitrogens is 3. The van der Waals surface area contributed by atoms with Crippen molar-refractivity contribution in [3.05, 3.63) is 42.2 Å². The van der Waals surface area contributed by atoms with E-state index in [1.807, 2.05) is 31.2 Å². The van der Waals surface area contributed by atoms with E-state index < -0.39 is 0 Å². The number of nitrogens with one attached hydrogen (secondary N) is 2. The molecule has 0 radical (unpaired) electrons. The highest BCUT2D eigenvalue weighted by Crippen LogP contribution is 2.29. The number of carbonyl (C=O) groups excluding carboxylic acids is 1. The highest BCUT2D eigenvalue weighted by atomic mass is 32.2. The van der Waals surface area contributed by atoms with Gasteiger partial charge in [0.15, 0.2) is 4.34 Å². The first-order valence-electron chi connectivity index (χ1n) is 6.49. The van der Waals surface area contributed by atoms with Gasteiger partial charge in [-0.05, 0) is 19.1 Å². The van der Waals surface area contributed by atoms with Gasteiger partial charge in [-0.25, -0.2) is 4.98 Å². The number of carbonyl (C=O) groups is 1. The lowest BCUT2D eigenvalue weighted by atomic mass is 10.2. The van der Waals surface area contributed by atoms with Crippen molar-refractivity contribution < 1.29 is 4.79 Å². The summed E-state index contributed by atoms with van der Waals surface area (Å²) in [4.78, 5) is 16.5. The van der Waals surface area contributed by atoms with Gasteiger partial charge in [-0.15, -0.1) is 11.3 Å². The van der Waals surface area contributed by atoms with Crippen molar-refractivity contribution in [3.8, 4) is 0 Å². The Bertz CT molecular complexity index is 705. The van der Waals surface area contributed by atoms with E-state index in [1.165, 1.54) is 11.8 Å². The van der Waals surface area contributed by atoms with Gasteiger partial charge in [-0.1, -0.05) is 23.9 Å². The van der Waals surface area contributed by atoms with Crippen molar-refractivity contribution in [2.24, 2.45) is 0 Å². The Morgan fingerprint density at radius 1 is 1.48 bits per heavy atom. The number of thiazole rings is 1. The molecule has 0 saturated carbocycles. The number of fused-ring (bicyclic) bond motifs is 1. The van der Waals surface area contributed by atoms with Gasteiger partial charge in [0.2, 0.25) is 5.91 Å². The zero-order valence-corrected chi connectivity index (χ0v) is 13.0. The van der Waals surface area contributed by atoms with Crippen LogP contribution in [0.5, 0.6) is 0 Å². The maximum Gasteiger partial charge on any atom is 0.230 e. The molecule has 0 bridgehead atoms. The predicted molar refractivity (Wildman–Crippen MR) is 85.5 cm³/mol. The molecule has 0 aliphatic heterocycles. The maximum atomic E-state index is 12.0. The van der Waals surface area contributed by atoms with Crippen LogP contribution in [-0.2, 0) is 4.79 Å². The molecule has 2 N–H and O–H groups in total. The van der Waals surface area contributed by atoms with Crippen molar-refractivity contribution in [3.63, 3.8) is 0 Å². The SMILES string of the molecule is CC(NC(=O)CSc1nc2ccccc2s1)c1cn[nH]c1. The van der Waals surface area contributed by atoms with E-state index in [-0.39, 0.29) is 11.9 Å². The van der Waals surface area contributed by atoms with E-state index in [4.69, 9.17) is 0 Å². The second-order valence-corrected chi connectivity index (χ2v) is 6.81. The van der Waals surface area contributed by atoms with Crippen molar-refractivity contribution in [1.82, 2.24) is 20.5 Å². The summed E-state index contributed by atoms with van der Waals surface area (Å²) < 4.78 is 2.06. The largest absolute Gasteiger partial charge is 0.349 e. The Morgan fingerprint density at radius 3 is 3.10 bits per heavy atom. The Hall–Kier alpha value is -1.86. The predicted octanol–water partition coefficient (Wildman–Crippen LogP) is 2.99. The molecule has 2 heterocycles. The number of H-pyrrole nitrogens is 1. The summed E-state index contributed by atoms with van der Waals surface area (Å²) >= 11 is 3.08. The molecule has 1 atom stereocenters. The molecule has 1 aromatic carbocycles. The maximum absolute atomic E-state index is 12.0. The first-order valence-corrected chi connectivity index (χ1v) is 8.29. The molecule has 3 rings (SSSR count). The van der Waals surface area contributed by atoms with Gasteiger partial charge in [0.1, 0.15) is 0 Å². The van der Waals surface area contributed by atoms with Crippen LogP contribution in [0.1, 0.15) is 18.5 Å². The highest BCUT2D eigenvalue weighted by molar-refractivity contribution is 8.01. The van der Waals surface area contributed by atoms with E-state index in [0.717, 1.165) is 20.1 Å². The summed E-state index contributed by atoms with van der Waals surface area (Å²) in [5.41, 5.74) is 1.95. The minimum absolute atomic E-state index is 0.00652. The number of para-hydroxylation sites is 1. The summed E-state index contributed by atoms with van der Waals surface area (Å²) in [6.07, 6.45) is 3.50. The molecule has 7 heteroatoms. The van der Waals surface area contributed by atoms with Crippen LogP contribution in [0.15, 0.2) is 41.0 Å². The molecule has 1 unspecified atom stereocenters. The van der Waals surface area contributed by atoms with Crippen molar-refractivity contribution in [2.45, 2.75) is 17.3 Å². The molecule has 1 amide bonds. The molecule has 0 aliphatic rings. The monoisotopic (exact) mass is 318 g/mol. The standard InChI is InChI=1S/C14H14N4OS2/c1-9(10-6-15-16-7-10)17-13(19)8-20-14-18-11-4-2-3-5-12(11)21-14/h2-7,9H,8H2,1H3,(H,15,16)(H,17,19). The van der Waals surface area contributed by atoms with Crippen molar-refractivity contribution in [2.75, 3.05) is 5.75 Å². The number of aromatic amines is 1. The lowest BCUT2D eigenvalue weighted by molar-refractivity contribution is -0.119. The van der Waals surface area contributed by atoms with Gasteiger partial charge in [0, 0.05) is 11.8 Å². The van der Waals surface area contributed by atoms with Crippen LogP contribution < -0.4 is 5.32 Å². The summed E-state index contributed by atoms with van der Waals surface area (Å²) in [7, 11) is 0. The number of amides is 1. The van der Waals surface area contributed by atoms with Gasteiger partial charge in [0.25, 0.3) is 0 Å². The number of benzene rings is 1. The number of nitrogens with zero attached hydrogens (tertiary/aromatic N) is 2. The van der Waals surface area contributed by atoms with Crippen molar-refractivity contribution >= 4 is 39.2 Å². The third-order valence-electron chi connectivity index (χ3n) is 3.00. The molecule has 5 nitrogen and oxygen atoms in total. The molecule has 108 valence electrons. The summed E-state index contributed by atoms with van der Waals surface area (Å²) in [5.74, 6) is 0.357. The molecule has 0 spiro atoms. The van der Waals surface area contributed by atoms with Gasteiger partial charge < -0.3 is 5.32 Å². The van der Waals surface area contributed by atoms with E-state index in [2.05, 4.69) is 20.5 Å². The molecule has 0 aliphatic carbocycles. The first-order chi connectivity index (χ1) is 10.2. The number of thioether (sulfide) groups is 1. The summed E-state index contributed by atoms with van der Waals surface area (Å²) in [6, 6.07) is 7.94. The second-order valence-electron chi connectivity index (χ2n) is 4.56. The van der Waals surface area contributed by atoms with Gasteiger partial charge in [-0.2, -0.15) is 5.10 Å². The average Bonchev–Trinajstić information content (AvgIpc) is 3.14. The minimum Gasteiger partial charge on any atom is -0.349 e. The van der Waals surface area contributed by atoms with Gasteiger partial charge in [0.05, 0.1) is 28.2 Å². The summed E-state index contributed by atoms with van der Waals surface area (Å²) in [6.45, 7) is 1.94. The van der Waals surface area contributed by atoms with Crippen LogP contribution in [0.25, 0.3) is 10.2 Å². The van der Waals surface area contributed by atoms with Crippen LogP contribution in [0.3, 0.4) is 0 Å². The lowest BCUT2D eigenvalue weighted by Crippen LogP contribution is -2.27. The molecule has 3 aromatic rings. The zero-order valence-electron chi connectivity index (χ0n) is 11.4. The third kappa shape index (κ3) is 3.43. The number of hydrogen-bond acceptors (Lipinski definition) is 5. The molecular formula is C14H14N4OS2. The van der Waals surface area contributed by atoms with Crippen LogP contribution >= 0.6 is 23.1 Å². The fourth-order valence-corrected chi connectivity index (χ4v) is 3.78. The Kier molecular flexibility index (Phi) is 4.21. The molecule has 2 aromatic heterocycles. The quantitative estimate of drug-likeness (QED) is 0.710. The smallest absolute Gasteiger partial charge is 0.230 e. The zero-order chi connectivity index (χ0) is 14.7. The van der Waals surface area contributed by atoms with Crippen LogP contribution in [0, 0.1) is 0 Å². The van der Waals surface area contributed by atoms with Crippen molar-refractivity contribution in [1.29, 1.82) is 0 Å². The second kappa shape index (κ2) is 6.28. The average molecular weight is 318 g/mol. The number of hydrogen-bond donors (Lipinski definition) is 2. The fourth-order valence-electron chi connectivity index (χ4n) is 1.90. The molecule has 0 saturated heterocycles. The Labute approximate surface area is 130 Å². The first kappa shape index (κ1) is 14.1.